The topological polar surface area (TPSA) is 213 Å². The van der Waals surface area contributed by atoms with Gasteiger partial charge in [0.25, 0.3) is 0 Å². The van der Waals surface area contributed by atoms with E-state index in [1.54, 1.807) is 52.0 Å². The maximum Gasteiger partial charge on any atom is 0.323 e. The van der Waals surface area contributed by atoms with E-state index in [1.165, 1.54) is 12.1 Å². The molecule has 0 aliphatic carbocycles. The molecule has 2 heterocycles. The van der Waals surface area contributed by atoms with Crippen LogP contribution in [0.5, 0.6) is 0 Å². The van der Waals surface area contributed by atoms with Crippen molar-refractivity contribution in [3.8, 4) is 6.07 Å². The van der Waals surface area contributed by atoms with Crippen molar-refractivity contribution in [2.45, 2.75) is 77.9 Å². The molecule has 1 saturated heterocycles. The molecule has 1 aliphatic rings. The minimum absolute atomic E-state index is 0.0137. The van der Waals surface area contributed by atoms with Crippen LogP contribution in [0.25, 0.3) is 0 Å². The average Bonchev–Trinajstić information content (AvgIpc) is 3.59. The monoisotopic (exact) mass is 622 g/mol. The number of nitrogens with one attached hydrogen (secondary N) is 3. The fourth-order valence-corrected chi connectivity index (χ4v) is 4.52. The molecule has 0 saturated carbocycles. The number of carbonyl (C=O) groups excluding carboxylic acids is 3. The fraction of sp³-hybridized carbons (Fsp3) is 0.500. The largest absolute Gasteiger partial charge is 0.463 e. The number of rotatable bonds is 11. The number of aliphatic hydroxyl groups is 1. The lowest BCUT2D eigenvalue weighted by atomic mass is 9.87. The smallest absolute Gasteiger partial charge is 0.323 e. The van der Waals surface area contributed by atoms with Crippen LogP contribution in [0, 0.1) is 34.0 Å². The van der Waals surface area contributed by atoms with E-state index < -0.39 is 53.9 Å². The van der Waals surface area contributed by atoms with Gasteiger partial charge in [0.05, 0.1) is 17.8 Å². The normalized spacial score (nSPS) is 23.1. The van der Waals surface area contributed by atoms with E-state index in [4.69, 9.17) is 25.4 Å². The van der Waals surface area contributed by atoms with Gasteiger partial charge in [0.1, 0.15) is 37.3 Å². The summed E-state index contributed by atoms with van der Waals surface area (Å²) in [5.41, 5.74) is 4.31. The minimum atomic E-state index is -2.11. The molecule has 0 unspecified atom stereocenters. The summed E-state index contributed by atoms with van der Waals surface area (Å²) in [4.78, 5) is 45.3. The van der Waals surface area contributed by atoms with E-state index in [1.807, 2.05) is 26.0 Å². The van der Waals surface area contributed by atoms with Gasteiger partial charge in [-0.3, -0.25) is 19.8 Å². The molecule has 1 fully saturated rings. The lowest BCUT2D eigenvalue weighted by Crippen LogP contribution is -2.49. The number of H-pyrrole nitrogens is 1. The van der Waals surface area contributed by atoms with E-state index in [9.17, 15) is 24.8 Å². The molecule has 13 nitrogen and oxygen atoms in total. The van der Waals surface area contributed by atoms with Crippen molar-refractivity contribution in [2.75, 3.05) is 6.61 Å². The number of aliphatic hydroxyl groups excluding tert-OH is 1. The molecule has 1 amide bonds. The second-order valence-corrected chi connectivity index (χ2v) is 12.5. The molecule has 6 atom stereocenters. The predicted molar refractivity (Wildman–Crippen MR) is 165 cm³/mol. The Kier molecular flexibility index (Phi) is 11.4. The zero-order chi connectivity index (χ0) is 33.5. The van der Waals surface area contributed by atoms with E-state index >= 15 is 0 Å². The highest BCUT2D eigenvalue weighted by Crippen LogP contribution is 2.41. The van der Waals surface area contributed by atoms with Gasteiger partial charge < -0.3 is 35.4 Å². The third kappa shape index (κ3) is 8.21. The number of nitrogens with two attached hydrogens (primary N) is 1. The maximum absolute atomic E-state index is 13.0. The van der Waals surface area contributed by atoms with Crippen molar-refractivity contribution in [3.63, 3.8) is 0 Å². The second-order valence-electron chi connectivity index (χ2n) is 12.5. The standard InChI is InChI=1S/C32H42N6O7/c1-18(2)19(3)29(41)38-28(36-17-34)21-12-13-23(37-21)32(16-33)27(40)25(44-30(42)26(35)31(4,5)6)22(45-32)15-43-24(39)14-20-10-8-7-9-11-20/h7-13,17-19,22,25-27,37,40H,14-15,35H2,1-6H3,(H2,34,36,38,41)/t19-,22+,25+,26+,27+,32-/m0/s1. The number of nitrogens with zero attached hydrogens (tertiary/aromatic N) is 2. The lowest BCUT2D eigenvalue weighted by molar-refractivity contribution is -0.163. The van der Waals surface area contributed by atoms with Crippen molar-refractivity contribution < 1.29 is 33.7 Å². The third-order valence-electron chi connectivity index (χ3n) is 7.83. The Bertz CT molecular complexity index is 1440. The summed E-state index contributed by atoms with van der Waals surface area (Å²) in [5.74, 6) is -2.06. The van der Waals surface area contributed by atoms with Gasteiger partial charge in [0, 0.05) is 5.92 Å². The van der Waals surface area contributed by atoms with Crippen LogP contribution in [-0.4, -0.2) is 71.1 Å². The van der Waals surface area contributed by atoms with Crippen LogP contribution in [0.3, 0.4) is 0 Å². The number of benzene rings is 1. The van der Waals surface area contributed by atoms with Gasteiger partial charge in [-0.05, 0) is 29.0 Å². The van der Waals surface area contributed by atoms with Crippen LogP contribution < -0.4 is 11.1 Å². The second kappa shape index (κ2) is 14.6. The number of esters is 2. The first-order chi connectivity index (χ1) is 21.1. The lowest BCUT2D eigenvalue weighted by Gasteiger charge is -2.28. The summed E-state index contributed by atoms with van der Waals surface area (Å²) in [6.45, 7) is 10.4. The Labute approximate surface area is 262 Å². The molecule has 3 rings (SSSR count). The molecule has 1 aliphatic heterocycles. The molecular weight excluding hydrogens is 580 g/mol. The number of aromatic amines is 1. The molecule has 242 valence electrons. The summed E-state index contributed by atoms with van der Waals surface area (Å²) >= 11 is 0. The van der Waals surface area contributed by atoms with E-state index in [2.05, 4.69) is 15.3 Å². The zero-order valence-corrected chi connectivity index (χ0v) is 26.4. The van der Waals surface area contributed by atoms with Gasteiger partial charge in [0.15, 0.2) is 11.9 Å². The summed E-state index contributed by atoms with van der Waals surface area (Å²) in [6, 6.07) is 12.8. The molecule has 13 heteroatoms. The Balaban J connectivity index is 1.92. The van der Waals surface area contributed by atoms with Gasteiger partial charge in [-0.2, -0.15) is 5.26 Å². The summed E-state index contributed by atoms with van der Waals surface area (Å²) < 4.78 is 17.2. The minimum Gasteiger partial charge on any atom is -0.463 e. The Morgan fingerprint density at radius 3 is 2.47 bits per heavy atom. The summed E-state index contributed by atoms with van der Waals surface area (Å²) in [6.07, 6.45) is -3.71. The first-order valence-electron chi connectivity index (χ1n) is 14.6. The Morgan fingerprint density at radius 1 is 1.22 bits per heavy atom. The quantitative estimate of drug-likeness (QED) is 0.141. The van der Waals surface area contributed by atoms with Crippen LogP contribution in [0.4, 0.5) is 0 Å². The molecule has 2 aromatic rings. The number of ether oxygens (including phenoxy) is 3. The molecule has 0 bridgehead atoms. The molecule has 0 radical (unpaired) electrons. The van der Waals surface area contributed by atoms with Crippen LogP contribution in [0.15, 0.2) is 47.5 Å². The van der Waals surface area contributed by atoms with Gasteiger partial charge >= 0.3 is 11.9 Å². The van der Waals surface area contributed by atoms with Crippen molar-refractivity contribution in [3.05, 3.63) is 59.4 Å². The number of amides is 1. The van der Waals surface area contributed by atoms with Gasteiger partial charge in [-0.15, -0.1) is 0 Å². The van der Waals surface area contributed by atoms with Crippen LogP contribution >= 0.6 is 0 Å². The van der Waals surface area contributed by atoms with Crippen molar-refractivity contribution in [1.82, 2.24) is 10.3 Å². The summed E-state index contributed by atoms with van der Waals surface area (Å²) in [7, 11) is 0. The first kappa shape index (κ1) is 35.1. The Morgan fingerprint density at radius 2 is 1.89 bits per heavy atom. The van der Waals surface area contributed by atoms with Crippen LogP contribution in [-0.2, 0) is 40.6 Å². The molecule has 0 spiro atoms. The molecule has 1 aromatic heterocycles. The molecule has 45 heavy (non-hydrogen) atoms. The molecular formula is C32H42N6O7. The van der Waals surface area contributed by atoms with Crippen LogP contribution in [0.1, 0.15) is 58.5 Å². The molecule has 1 aromatic carbocycles. The highest BCUT2D eigenvalue weighted by atomic mass is 16.6. The number of hydrogen-bond donors (Lipinski definition) is 5. The number of aromatic nitrogens is 1. The highest BCUT2D eigenvalue weighted by molar-refractivity contribution is 6.09. The Hall–Kier alpha value is -4.38. The fourth-order valence-electron chi connectivity index (χ4n) is 4.52. The highest BCUT2D eigenvalue weighted by Gasteiger charge is 2.59. The van der Waals surface area contributed by atoms with Crippen LogP contribution in [0.2, 0.25) is 0 Å². The van der Waals surface area contributed by atoms with Crippen molar-refractivity contribution >= 4 is 30.0 Å². The third-order valence-corrected chi connectivity index (χ3v) is 7.83. The zero-order valence-electron chi connectivity index (χ0n) is 26.4. The average molecular weight is 623 g/mol. The number of amidine groups is 1. The maximum atomic E-state index is 13.0. The number of hydrogen-bond acceptors (Lipinski definition) is 10. The van der Waals surface area contributed by atoms with E-state index in [-0.39, 0.29) is 41.4 Å². The van der Waals surface area contributed by atoms with Crippen molar-refractivity contribution in [1.29, 1.82) is 10.7 Å². The summed E-state index contributed by atoms with van der Waals surface area (Å²) in [5, 5.41) is 32.0. The van der Waals surface area contributed by atoms with Gasteiger partial charge in [-0.25, -0.2) is 4.99 Å². The predicted octanol–water partition coefficient (Wildman–Crippen LogP) is 2.33. The van der Waals surface area contributed by atoms with Gasteiger partial charge in [0.2, 0.25) is 11.5 Å². The number of aliphatic imine (C=N–C) groups is 1. The SMILES string of the molecule is CC(C)[C@H](C)C(=O)NC(=NC=N)c1ccc([C@]2(C#N)O[C@H](COC(=O)Cc3ccccc3)[C@@H](OC(=O)[C@@H](N)C(C)(C)C)[C@H]2O)[nH]1. The number of carbonyl (C=O) groups is 3. The number of nitriles is 1. The van der Waals surface area contributed by atoms with Crippen molar-refractivity contribution in [2.24, 2.45) is 28.0 Å². The van der Waals surface area contributed by atoms with E-state index in [0.29, 0.717) is 0 Å². The van der Waals surface area contributed by atoms with E-state index in [0.717, 1.165) is 11.9 Å². The molecule has 6 N–H and O–H groups in total. The first-order valence-corrected chi connectivity index (χ1v) is 14.6. The van der Waals surface area contributed by atoms with Gasteiger partial charge in [-0.1, -0.05) is 71.9 Å².